The van der Waals surface area contributed by atoms with Gasteiger partial charge in [-0.3, -0.25) is 0 Å². The van der Waals surface area contributed by atoms with Crippen molar-refractivity contribution in [1.29, 1.82) is 0 Å². The first-order chi connectivity index (χ1) is 13.3. The van der Waals surface area contributed by atoms with Crippen LogP contribution in [0.1, 0.15) is 11.1 Å². The molecule has 2 aromatic rings. The van der Waals surface area contributed by atoms with E-state index in [9.17, 15) is 9.59 Å². The standard InChI is InChI=1S/C20H22O8/c1-11-5-15(25-3)17(27-9-19(21)22)7-13(11)14-8-18(28-10-20(23)24)16(26-4)6-12(14)2/h5-8H,9-10H2,1-4H3,(H,21,22)(H,23,24). The third kappa shape index (κ3) is 4.85. The number of aryl methyl sites for hydroxylation is 2. The Labute approximate surface area is 162 Å². The fourth-order valence-corrected chi connectivity index (χ4v) is 2.73. The fourth-order valence-electron chi connectivity index (χ4n) is 2.73. The van der Waals surface area contributed by atoms with Gasteiger partial charge in [-0.15, -0.1) is 0 Å². The number of hydrogen-bond donors (Lipinski definition) is 2. The lowest BCUT2D eigenvalue weighted by molar-refractivity contribution is -0.140. The van der Waals surface area contributed by atoms with E-state index in [1.807, 2.05) is 13.8 Å². The molecule has 0 aliphatic rings. The van der Waals surface area contributed by atoms with E-state index in [4.69, 9.17) is 29.2 Å². The summed E-state index contributed by atoms with van der Waals surface area (Å²) in [6.45, 7) is 2.74. The van der Waals surface area contributed by atoms with Gasteiger partial charge in [-0.2, -0.15) is 0 Å². The molecule has 0 bridgehead atoms. The number of ether oxygens (including phenoxy) is 4. The zero-order valence-electron chi connectivity index (χ0n) is 16.1. The summed E-state index contributed by atoms with van der Waals surface area (Å²) >= 11 is 0. The van der Waals surface area contributed by atoms with Crippen LogP contribution in [0.15, 0.2) is 24.3 Å². The van der Waals surface area contributed by atoms with E-state index in [0.717, 1.165) is 22.3 Å². The van der Waals surface area contributed by atoms with E-state index in [1.165, 1.54) is 14.2 Å². The SMILES string of the molecule is COc1cc(C)c(-c2cc(OCC(=O)O)c(OC)cc2C)cc1OCC(=O)O. The van der Waals surface area contributed by atoms with E-state index in [0.29, 0.717) is 11.5 Å². The van der Waals surface area contributed by atoms with Gasteiger partial charge in [0, 0.05) is 0 Å². The Morgan fingerprint density at radius 1 is 0.714 bits per heavy atom. The van der Waals surface area contributed by atoms with E-state index in [2.05, 4.69) is 0 Å². The van der Waals surface area contributed by atoms with Gasteiger partial charge in [0.05, 0.1) is 14.2 Å². The van der Waals surface area contributed by atoms with Crippen molar-refractivity contribution in [2.45, 2.75) is 13.8 Å². The molecule has 0 fully saturated rings. The van der Waals surface area contributed by atoms with Gasteiger partial charge in [0.1, 0.15) is 0 Å². The zero-order chi connectivity index (χ0) is 20.8. The molecule has 8 heteroatoms. The summed E-state index contributed by atoms with van der Waals surface area (Å²) in [5.41, 5.74) is 3.25. The molecule has 0 atom stereocenters. The maximum absolute atomic E-state index is 10.8. The van der Waals surface area contributed by atoms with Crippen LogP contribution in [0.25, 0.3) is 11.1 Å². The molecule has 0 saturated heterocycles. The van der Waals surface area contributed by atoms with Crippen LogP contribution in [-0.2, 0) is 9.59 Å². The van der Waals surface area contributed by atoms with Crippen molar-refractivity contribution in [2.24, 2.45) is 0 Å². The summed E-state index contributed by atoms with van der Waals surface area (Å²) < 4.78 is 21.2. The highest BCUT2D eigenvalue weighted by Crippen LogP contribution is 2.40. The van der Waals surface area contributed by atoms with E-state index < -0.39 is 25.2 Å². The second-order valence-corrected chi connectivity index (χ2v) is 6.00. The zero-order valence-corrected chi connectivity index (χ0v) is 16.1. The van der Waals surface area contributed by atoms with Crippen molar-refractivity contribution in [3.63, 3.8) is 0 Å². The van der Waals surface area contributed by atoms with Crippen LogP contribution in [-0.4, -0.2) is 49.6 Å². The van der Waals surface area contributed by atoms with Crippen molar-refractivity contribution < 1.29 is 38.7 Å². The van der Waals surface area contributed by atoms with Gasteiger partial charge in [-0.05, 0) is 60.4 Å². The molecule has 0 aromatic heterocycles. The van der Waals surface area contributed by atoms with Crippen molar-refractivity contribution in [3.8, 4) is 34.1 Å². The van der Waals surface area contributed by atoms with Gasteiger partial charge in [0.2, 0.25) is 0 Å². The van der Waals surface area contributed by atoms with E-state index in [-0.39, 0.29) is 11.5 Å². The molecule has 0 unspecified atom stereocenters. The summed E-state index contributed by atoms with van der Waals surface area (Å²) in [4.78, 5) is 21.7. The lowest BCUT2D eigenvalue weighted by Gasteiger charge is -2.17. The van der Waals surface area contributed by atoms with E-state index >= 15 is 0 Å². The second kappa shape index (κ2) is 8.98. The van der Waals surface area contributed by atoms with Crippen molar-refractivity contribution in [3.05, 3.63) is 35.4 Å². The first kappa shape index (κ1) is 20.9. The number of carboxylic acids is 2. The average Bonchev–Trinajstić information content (AvgIpc) is 2.65. The minimum absolute atomic E-state index is 0.286. The van der Waals surface area contributed by atoms with Crippen LogP contribution < -0.4 is 18.9 Å². The Balaban J connectivity index is 2.55. The second-order valence-electron chi connectivity index (χ2n) is 6.00. The van der Waals surface area contributed by atoms with Crippen LogP contribution in [0.2, 0.25) is 0 Å². The van der Waals surface area contributed by atoms with Gasteiger partial charge in [-0.25, -0.2) is 9.59 Å². The van der Waals surface area contributed by atoms with Crippen molar-refractivity contribution >= 4 is 11.9 Å². The lowest BCUT2D eigenvalue weighted by Crippen LogP contribution is -2.11. The molecule has 0 aliphatic carbocycles. The molecule has 8 nitrogen and oxygen atoms in total. The molecule has 0 radical (unpaired) electrons. The van der Waals surface area contributed by atoms with Gasteiger partial charge in [-0.1, -0.05) is 0 Å². The molecular weight excluding hydrogens is 368 g/mol. The molecule has 0 heterocycles. The van der Waals surface area contributed by atoms with Crippen LogP contribution in [0.3, 0.4) is 0 Å². The van der Waals surface area contributed by atoms with Crippen molar-refractivity contribution in [1.82, 2.24) is 0 Å². The average molecular weight is 390 g/mol. The Morgan fingerprint density at radius 3 is 1.36 bits per heavy atom. The maximum Gasteiger partial charge on any atom is 0.341 e. The highest BCUT2D eigenvalue weighted by Gasteiger charge is 2.17. The molecule has 150 valence electrons. The third-order valence-electron chi connectivity index (χ3n) is 4.01. The molecular formula is C20H22O8. The molecule has 2 N–H and O–H groups in total. The predicted molar refractivity (Wildman–Crippen MR) is 101 cm³/mol. The number of aliphatic carboxylic acids is 2. The summed E-state index contributed by atoms with van der Waals surface area (Å²) in [5, 5.41) is 17.8. The van der Waals surface area contributed by atoms with Crippen LogP contribution in [0, 0.1) is 13.8 Å². The van der Waals surface area contributed by atoms with Crippen LogP contribution in [0.4, 0.5) is 0 Å². The Morgan fingerprint density at radius 2 is 1.07 bits per heavy atom. The summed E-state index contributed by atoms with van der Waals surface area (Å²) in [5.74, 6) is -0.808. The monoisotopic (exact) mass is 390 g/mol. The lowest BCUT2D eigenvalue weighted by atomic mass is 9.95. The quantitative estimate of drug-likeness (QED) is 0.672. The Bertz CT molecular complexity index is 815. The topological polar surface area (TPSA) is 112 Å². The van der Waals surface area contributed by atoms with Crippen molar-refractivity contribution in [2.75, 3.05) is 27.4 Å². The van der Waals surface area contributed by atoms with Gasteiger partial charge < -0.3 is 29.2 Å². The smallest absolute Gasteiger partial charge is 0.341 e. The third-order valence-corrected chi connectivity index (χ3v) is 4.01. The van der Waals surface area contributed by atoms with Gasteiger partial charge >= 0.3 is 11.9 Å². The summed E-state index contributed by atoms with van der Waals surface area (Å²) in [6.07, 6.45) is 0. The maximum atomic E-state index is 10.8. The fraction of sp³-hybridized carbons (Fsp3) is 0.300. The predicted octanol–water partition coefficient (Wildman–Crippen LogP) is 2.91. The molecule has 2 rings (SSSR count). The van der Waals surface area contributed by atoms with Crippen LogP contribution in [0.5, 0.6) is 23.0 Å². The van der Waals surface area contributed by atoms with E-state index in [1.54, 1.807) is 24.3 Å². The first-order valence-corrected chi connectivity index (χ1v) is 8.33. The highest BCUT2D eigenvalue weighted by molar-refractivity contribution is 5.77. The normalized spacial score (nSPS) is 10.3. The van der Waals surface area contributed by atoms with Gasteiger partial charge in [0.15, 0.2) is 36.2 Å². The largest absolute Gasteiger partial charge is 0.493 e. The molecule has 0 spiro atoms. The summed E-state index contributed by atoms with van der Waals surface area (Å²) in [6, 6.07) is 6.86. The number of benzene rings is 2. The minimum atomic E-state index is -1.10. The molecule has 0 amide bonds. The number of hydrogen-bond acceptors (Lipinski definition) is 6. The Hall–Kier alpha value is -3.42. The molecule has 2 aromatic carbocycles. The number of rotatable bonds is 9. The Kier molecular flexibility index (Phi) is 6.70. The van der Waals surface area contributed by atoms with Crippen LogP contribution >= 0.6 is 0 Å². The summed E-state index contributed by atoms with van der Waals surface area (Å²) in [7, 11) is 2.94. The highest BCUT2D eigenvalue weighted by atomic mass is 16.5. The van der Waals surface area contributed by atoms with Gasteiger partial charge in [0.25, 0.3) is 0 Å². The number of carbonyl (C=O) groups is 2. The molecule has 0 aliphatic heterocycles. The first-order valence-electron chi connectivity index (χ1n) is 8.33. The molecule has 28 heavy (non-hydrogen) atoms. The molecule has 0 saturated carbocycles. The number of methoxy groups -OCH3 is 2. The minimum Gasteiger partial charge on any atom is -0.493 e. The number of carboxylic acid groups (broad SMARTS) is 2.